The molecular weight excluding hydrogens is 395 g/mol. The Balaban J connectivity index is 1.88. The van der Waals surface area contributed by atoms with Gasteiger partial charge in [0, 0.05) is 12.7 Å². The monoisotopic (exact) mass is 411 g/mol. The lowest BCUT2D eigenvalue weighted by Gasteiger charge is -2.10. The highest BCUT2D eigenvalue weighted by molar-refractivity contribution is 6.33. The van der Waals surface area contributed by atoms with Crippen LogP contribution in [0, 0.1) is 0 Å². The summed E-state index contributed by atoms with van der Waals surface area (Å²) in [6.45, 7) is 2.03. The summed E-state index contributed by atoms with van der Waals surface area (Å²) in [5, 5.41) is 11.8. The van der Waals surface area contributed by atoms with Gasteiger partial charge in [-0.1, -0.05) is 30.7 Å². The van der Waals surface area contributed by atoms with E-state index in [1.165, 1.54) is 12.1 Å². The Labute approximate surface area is 163 Å². The SMILES string of the molecule is CCc1nc2c(Cl)cc(C(F)(F)F)cn2c1C(=O)NCCc1ccc(O)cc1. The number of carbonyl (C=O) groups is 1. The Morgan fingerprint density at radius 1 is 1.29 bits per heavy atom. The largest absolute Gasteiger partial charge is 0.508 e. The third kappa shape index (κ3) is 4.06. The summed E-state index contributed by atoms with van der Waals surface area (Å²) in [5.74, 6) is -0.387. The summed E-state index contributed by atoms with van der Waals surface area (Å²) in [5.41, 5.74) is 0.451. The third-order valence-corrected chi connectivity index (χ3v) is 4.54. The maximum Gasteiger partial charge on any atom is 0.417 e. The first-order valence-electron chi connectivity index (χ1n) is 8.54. The van der Waals surface area contributed by atoms with E-state index >= 15 is 0 Å². The van der Waals surface area contributed by atoms with E-state index in [-0.39, 0.29) is 28.7 Å². The van der Waals surface area contributed by atoms with E-state index < -0.39 is 17.6 Å². The highest BCUT2D eigenvalue weighted by Gasteiger charge is 2.33. The fraction of sp³-hybridized carbons (Fsp3) is 0.263. The molecule has 0 fully saturated rings. The molecular formula is C19H17ClF3N3O2. The van der Waals surface area contributed by atoms with Gasteiger partial charge in [0.25, 0.3) is 5.91 Å². The second-order valence-corrected chi connectivity index (χ2v) is 6.61. The van der Waals surface area contributed by atoms with E-state index in [9.17, 15) is 23.1 Å². The van der Waals surface area contributed by atoms with Crippen molar-refractivity contribution in [3.8, 4) is 5.75 Å². The molecule has 0 unspecified atom stereocenters. The smallest absolute Gasteiger partial charge is 0.417 e. The van der Waals surface area contributed by atoms with Crippen LogP contribution in [0.4, 0.5) is 13.2 Å². The molecule has 0 aliphatic heterocycles. The van der Waals surface area contributed by atoms with E-state index in [2.05, 4.69) is 10.3 Å². The number of aromatic hydroxyl groups is 1. The minimum absolute atomic E-state index is 0.0382. The van der Waals surface area contributed by atoms with E-state index in [1.807, 2.05) is 0 Å². The van der Waals surface area contributed by atoms with Crippen molar-refractivity contribution in [3.63, 3.8) is 0 Å². The van der Waals surface area contributed by atoms with Crippen molar-refractivity contribution in [2.45, 2.75) is 25.9 Å². The van der Waals surface area contributed by atoms with Crippen LogP contribution in [-0.2, 0) is 19.0 Å². The number of phenols is 1. The van der Waals surface area contributed by atoms with E-state index in [4.69, 9.17) is 11.6 Å². The third-order valence-electron chi connectivity index (χ3n) is 4.26. The van der Waals surface area contributed by atoms with Crippen molar-refractivity contribution < 1.29 is 23.1 Å². The normalized spacial score (nSPS) is 11.8. The Hall–Kier alpha value is -2.74. The van der Waals surface area contributed by atoms with Gasteiger partial charge in [0.05, 0.1) is 16.3 Å². The van der Waals surface area contributed by atoms with Crippen LogP contribution >= 0.6 is 11.6 Å². The number of aromatic nitrogens is 2. The highest BCUT2D eigenvalue weighted by Crippen LogP contribution is 2.33. The number of hydrogen-bond donors (Lipinski definition) is 2. The summed E-state index contributed by atoms with van der Waals surface area (Å²) < 4.78 is 40.5. The van der Waals surface area contributed by atoms with E-state index in [1.54, 1.807) is 19.1 Å². The number of amides is 1. The molecule has 5 nitrogen and oxygen atoms in total. The first-order chi connectivity index (χ1) is 13.2. The fourth-order valence-electron chi connectivity index (χ4n) is 2.86. The predicted octanol–water partition coefficient (Wildman–Crippen LogP) is 4.25. The Morgan fingerprint density at radius 2 is 1.96 bits per heavy atom. The van der Waals surface area contributed by atoms with Gasteiger partial charge in [0.2, 0.25) is 0 Å². The second kappa shape index (κ2) is 7.71. The average molecular weight is 412 g/mol. The molecule has 2 N–H and O–H groups in total. The van der Waals surface area contributed by atoms with Gasteiger partial charge >= 0.3 is 6.18 Å². The number of rotatable bonds is 5. The van der Waals surface area contributed by atoms with Crippen molar-refractivity contribution in [1.29, 1.82) is 0 Å². The van der Waals surface area contributed by atoms with Gasteiger partial charge in [-0.2, -0.15) is 13.2 Å². The molecule has 148 valence electrons. The van der Waals surface area contributed by atoms with Crippen LogP contribution in [0.1, 0.15) is 34.2 Å². The molecule has 9 heteroatoms. The van der Waals surface area contributed by atoms with Crippen molar-refractivity contribution in [3.05, 3.63) is 64.1 Å². The number of halogens is 4. The minimum Gasteiger partial charge on any atom is -0.508 e. The van der Waals surface area contributed by atoms with Gasteiger partial charge in [0.15, 0.2) is 5.65 Å². The number of phenolic OH excluding ortho intramolecular Hbond substituents is 1. The summed E-state index contributed by atoms with van der Waals surface area (Å²) in [7, 11) is 0. The number of nitrogens with one attached hydrogen (secondary N) is 1. The fourth-order valence-corrected chi connectivity index (χ4v) is 3.11. The molecule has 1 aromatic carbocycles. The second-order valence-electron chi connectivity index (χ2n) is 6.20. The van der Waals surface area contributed by atoms with E-state index in [0.717, 1.165) is 22.2 Å². The van der Waals surface area contributed by atoms with Gasteiger partial charge < -0.3 is 10.4 Å². The van der Waals surface area contributed by atoms with Crippen molar-refractivity contribution in [2.75, 3.05) is 6.54 Å². The Morgan fingerprint density at radius 3 is 2.57 bits per heavy atom. The predicted molar refractivity (Wildman–Crippen MR) is 98.7 cm³/mol. The van der Waals surface area contributed by atoms with Crippen LogP contribution in [0.15, 0.2) is 36.5 Å². The molecule has 2 heterocycles. The lowest BCUT2D eigenvalue weighted by atomic mass is 10.1. The zero-order valence-corrected chi connectivity index (χ0v) is 15.6. The van der Waals surface area contributed by atoms with Crippen molar-refractivity contribution in [1.82, 2.24) is 14.7 Å². The molecule has 0 spiro atoms. The molecule has 3 rings (SSSR count). The lowest BCUT2D eigenvalue weighted by Crippen LogP contribution is -2.28. The number of benzene rings is 1. The number of carbonyl (C=O) groups excluding carboxylic acids is 1. The molecule has 0 aliphatic rings. The maximum absolute atomic E-state index is 13.1. The first kappa shape index (κ1) is 20.0. The number of hydrogen-bond acceptors (Lipinski definition) is 3. The standard InChI is InChI=1S/C19H17ClF3N3O2/c1-2-15-16(18(28)24-8-7-11-3-5-13(27)6-4-11)26-10-12(19(21,22)23)9-14(20)17(26)25-15/h3-6,9-10,27H,2,7-8H2,1H3,(H,24,28). The van der Waals surface area contributed by atoms with Crippen LogP contribution in [0.25, 0.3) is 5.65 Å². The summed E-state index contributed by atoms with van der Waals surface area (Å²) in [6, 6.07) is 7.33. The van der Waals surface area contributed by atoms with Gasteiger partial charge in [-0.05, 0) is 36.6 Å². The number of fused-ring (bicyclic) bond motifs is 1. The minimum atomic E-state index is -4.60. The first-order valence-corrected chi connectivity index (χ1v) is 8.92. The quantitative estimate of drug-likeness (QED) is 0.659. The van der Waals surface area contributed by atoms with Gasteiger partial charge in [0.1, 0.15) is 11.4 Å². The maximum atomic E-state index is 13.1. The molecule has 0 saturated carbocycles. The molecule has 0 atom stereocenters. The van der Waals surface area contributed by atoms with Crippen LogP contribution in [0.2, 0.25) is 5.02 Å². The molecule has 0 radical (unpaired) electrons. The molecule has 0 bridgehead atoms. The van der Waals surface area contributed by atoms with Crippen molar-refractivity contribution >= 4 is 23.2 Å². The average Bonchev–Trinajstić information content (AvgIpc) is 3.02. The molecule has 0 aliphatic carbocycles. The Bertz CT molecular complexity index is 1010. The molecule has 0 saturated heterocycles. The molecule has 3 aromatic rings. The number of imidazole rings is 1. The molecule has 1 amide bonds. The van der Waals surface area contributed by atoms with Gasteiger partial charge in [-0.3, -0.25) is 9.20 Å². The Kier molecular flexibility index (Phi) is 5.51. The van der Waals surface area contributed by atoms with Crippen LogP contribution in [-0.4, -0.2) is 26.9 Å². The number of pyridine rings is 1. The zero-order chi connectivity index (χ0) is 20.5. The zero-order valence-electron chi connectivity index (χ0n) is 14.8. The topological polar surface area (TPSA) is 66.6 Å². The van der Waals surface area contributed by atoms with Crippen LogP contribution < -0.4 is 5.32 Å². The molecule has 28 heavy (non-hydrogen) atoms. The highest BCUT2D eigenvalue weighted by atomic mass is 35.5. The van der Waals surface area contributed by atoms with Gasteiger partial charge in [-0.15, -0.1) is 0 Å². The summed E-state index contributed by atoms with van der Waals surface area (Å²) in [4.78, 5) is 16.9. The lowest BCUT2D eigenvalue weighted by molar-refractivity contribution is -0.137. The van der Waals surface area contributed by atoms with Gasteiger partial charge in [-0.25, -0.2) is 4.98 Å². The summed E-state index contributed by atoms with van der Waals surface area (Å²) >= 11 is 5.98. The number of alkyl halides is 3. The number of aryl methyl sites for hydroxylation is 1. The van der Waals surface area contributed by atoms with Crippen molar-refractivity contribution in [2.24, 2.45) is 0 Å². The van der Waals surface area contributed by atoms with Crippen LogP contribution in [0.3, 0.4) is 0 Å². The number of nitrogens with zero attached hydrogens (tertiary/aromatic N) is 2. The summed E-state index contributed by atoms with van der Waals surface area (Å²) in [6.07, 6.45) is -2.90. The van der Waals surface area contributed by atoms with E-state index in [0.29, 0.717) is 18.5 Å². The van der Waals surface area contributed by atoms with Crippen LogP contribution in [0.5, 0.6) is 5.75 Å². The molecule has 2 aromatic heterocycles.